The second kappa shape index (κ2) is 6.20. The van der Waals surface area contributed by atoms with E-state index in [2.05, 4.69) is 6.92 Å². The smallest absolute Gasteiger partial charge is 0.166 e. The molecule has 2 rings (SSSR count). The van der Waals surface area contributed by atoms with Crippen LogP contribution in [0.5, 0.6) is 0 Å². The molecule has 1 N–H and O–H groups in total. The standard InChI is InChI=1S/C14H24O3S/c1-10-6-7-11-4-2-3-5-13(11)14(10)8-12(9-15)18(16)17/h8,10-11,13-15,18H,2-7,9H2,1H3/b12-8-. The Hall–Kier alpha value is -0.350. The van der Waals surface area contributed by atoms with E-state index in [0.29, 0.717) is 17.8 Å². The highest BCUT2D eigenvalue weighted by Crippen LogP contribution is 2.47. The van der Waals surface area contributed by atoms with Gasteiger partial charge in [-0.3, -0.25) is 0 Å². The summed E-state index contributed by atoms with van der Waals surface area (Å²) in [6, 6.07) is 0. The van der Waals surface area contributed by atoms with Gasteiger partial charge in [0.2, 0.25) is 0 Å². The van der Waals surface area contributed by atoms with Gasteiger partial charge in [0.05, 0.1) is 11.5 Å². The monoisotopic (exact) mass is 272 g/mol. The molecule has 4 heteroatoms. The molecular formula is C14H24O3S. The first-order valence-electron chi connectivity index (χ1n) is 7.09. The van der Waals surface area contributed by atoms with Crippen LogP contribution >= 0.6 is 0 Å². The van der Waals surface area contributed by atoms with Crippen LogP contribution in [0, 0.1) is 23.7 Å². The van der Waals surface area contributed by atoms with Gasteiger partial charge in [0.15, 0.2) is 10.7 Å². The molecule has 2 aliphatic carbocycles. The number of fused-ring (bicyclic) bond motifs is 1. The van der Waals surface area contributed by atoms with E-state index in [1.807, 2.05) is 6.08 Å². The van der Waals surface area contributed by atoms with Crippen LogP contribution in [-0.2, 0) is 10.7 Å². The molecule has 18 heavy (non-hydrogen) atoms. The van der Waals surface area contributed by atoms with Gasteiger partial charge in [-0.25, -0.2) is 8.42 Å². The van der Waals surface area contributed by atoms with Crippen LogP contribution in [0.25, 0.3) is 0 Å². The van der Waals surface area contributed by atoms with Crippen molar-refractivity contribution >= 4 is 10.7 Å². The van der Waals surface area contributed by atoms with Crippen molar-refractivity contribution in [2.45, 2.75) is 45.4 Å². The van der Waals surface area contributed by atoms with Crippen molar-refractivity contribution in [2.75, 3.05) is 6.61 Å². The molecule has 0 heterocycles. The predicted octanol–water partition coefficient (Wildman–Crippen LogP) is 2.33. The van der Waals surface area contributed by atoms with E-state index in [9.17, 15) is 8.42 Å². The van der Waals surface area contributed by atoms with Gasteiger partial charge < -0.3 is 5.11 Å². The molecule has 104 valence electrons. The summed E-state index contributed by atoms with van der Waals surface area (Å²) < 4.78 is 22.2. The number of thiol groups is 1. The summed E-state index contributed by atoms with van der Waals surface area (Å²) in [6.07, 6.45) is 9.48. The number of hydrogen-bond donors (Lipinski definition) is 2. The fourth-order valence-corrected chi connectivity index (χ4v) is 4.28. The minimum absolute atomic E-state index is 0.216. The highest BCUT2D eigenvalue weighted by molar-refractivity contribution is 7.76. The maximum atomic E-state index is 11.1. The van der Waals surface area contributed by atoms with E-state index in [0.717, 1.165) is 5.92 Å². The normalized spacial score (nSPS) is 37.6. The van der Waals surface area contributed by atoms with Crippen molar-refractivity contribution < 1.29 is 13.5 Å². The van der Waals surface area contributed by atoms with Gasteiger partial charge in [0, 0.05) is 0 Å². The van der Waals surface area contributed by atoms with Crippen molar-refractivity contribution in [1.82, 2.24) is 0 Å². The Morgan fingerprint density at radius 3 is 2.61 bits per heavy atom. The molecule has 2 fully saturated rings. The van der Waals surface area contributed by atoms with E-state index < -0.39 is 10.7 Å². The van der Waals surface area contributed by atoms with Crippen LogP contribution in [0.4, 0.5) is 0 Å². The summed E-state index contributed by atoms with van der Waals surface area (Å²) in [5, 5.41) is 9.16. The zero-order valence-electron chi connectivity index (χ0n) is 11.0. The Balaban J connectivity index is 2.21. The van der Waals surface area contributed by atoms with Gasteiger partial charge in [0.25, 0.3) is 0 Å². The van der Waals surface area contributed by atoms with Crippen molar-refractivity contribution in [3.05, 3.63) is 11.0 Å². The Bertz CT molecular complexity index is 379. The van der Waals surface area contributed by atoms with E-state index in [1.165, 1.54) is 38.5 Å². The Labute approximate surface area is 111 Å². The largest absolute Gasteiger partial charge is 0.391 e. The summed E-state index contributed by atoms with van der Waals surface area (Å²) >= 11 is 0. The number of hydrogen-bond acceptors (Lipinski definition) is 3. The summed E-state index contributed by atoms with van der Waals surface area (Å²) in [4.78, 5) is 0.216. The van der Waals surface area contributed by atoms with Gasteiger partial charge in [-0.15, -0.1) is 0 Å². The third-order valence-electron chi connectivity index (χ3n) is 4.89. The summed E-state index contributed by atoms with van der Waals surface area (Å²) in [6.45, 7) is 1.87. The predicted molar refractivity (Wildman–Crippen MR) is 72.8 cm³/mol. The molecular weight excluding hydrogens is 248 g/mol. The number of rotatable bonds is 3. The lowest BCUT2D eigenvalue weighted by molar-refractivity contribution is 0.0894. The Kier molecular flexibility index (Phi) is 4.84. The maximum absolute atomic E-state index is 11.1. The lowest BCUT2D eigenvalue weighted by Crippen LogP contribution is -2.35. The van der Waals surface area contributed by atoms with Crippen LogP contribution in [0.2, 0.25) is 0 Å². The average molecular weight is 272 g/mol. The van der Waals surface area contributed by atoms with Crippen molar-refractivity contribution in [3.63, 3.8) is 0 Å². The highest BCUT2D eigenvalue weighted by atomic mass is 32.2. The molecule has 0 saturated heterocycles. The van der Waals surface area contributed by atoms with Crippen LogP contribution in [0.15, 0.2) is 11.0 Å². The summed E-state index contributed by atoms with van der Waals surface area (Å²) in [7, 11) is -2.62. The molecule has 4 unspecified atom stereocenters. The zero-order chi connectivity index (χ0) is 13.1. The lowest BCUT2D eigenvalue weighted by Gasteiger charge is -2.43. The van der Waals surface area contributed by atoms with Gasteiger partial charge in [-0.2, -0.15) is 0 Å². The van der Waals surface area contributed by atoms with E-state index in [1.54, 1.807) is 0 Å². The molecule has 0 radical (unpaired) electrons. The molecule has 2 aliphatic rings. The van der Waals surface area contributed by atoms with Crippen molar-refractivity contribution in [2.24, 2.45) is 23.7 Å². The SMILES string of the molecule is CC1CCC2CCCCC2C1/C=C(/CO)[SH](=O)=O. The number of aliphatic hydroxyl groups is 1. The second-order valence-electron chi connectivity index (χ2n) is 5.91. The molecule has 0 spiro atoms. The van der Waals surface area contributed by atoms with Gasteiger partial charge in [-0.1, -0.05) is 32.3 Å². The molecule has 0 amide bonds. The Morgan fingerprint density at radius 1 is 1.22 bits per heavy atom. The van der Waals surface area contributed by atoms with E-state index >= 15 is 0 Å². The van der Waals surface area contributed by atoms with E-state index in [4.69, 9.17) is 5.11 Å². The third kappa shape index (κ3) is 2.97. The molecule has 0 bridgehead atoms. The van der Waals surface area contributed by atoms with Crippen molar-refractivity contribution in [3.8, 4) is 0 Å². The quantitative estimate of drug-likeness (QED) is 0.775. The van der Waals surface area contributed by atoms with Crippen LogP contribution in [0.3, 0.4) is 0 Å². The van der Waals surface area contributed by atoms with Gasteiger partial charge in [0.1, 0.15) is 0 Å². The fraction of sp³-hybridized carbons (Fsp3) is 0.857. The average Bonchev–Trinajstić information content (AvgIpc) is 2.37. The first kappa shape index (κ1) is 14.1. The van der Waals surface area contributed by atoms with Crippen LogP contribution < -0.4 is 0 Å². The fourth-order valence-electron chi connectivity index (χ4n) is 3.87. The minimum atomic E-state index is -2.62. The minimum Gasteiger partial charge on any atom is -0.391 e. The molecule has 0 aliphatic heterocycles. The van der Waals surface area contributed by atoms with Crippen LogP contribution in [-0.4, -0.2) is 20.1 Å². The first-order valence-corrected chi connectivity index (χ1v) is 8.27. The molecule has 2 saturated carbocycles. The molecule has 0 aromatic heterocycles. The number of aliphatic hydroxyl groups excluding tert-OH is 1. The molecule has 0 aromatic carbocycles. The summed E-state index contributed by atoms with van der Waals surface area (Å²) in [5.74, 6) is 2.31. The molecule has 0 aromatic rings. The Morgan fingerprint density at radius 2 is 1.94 bits per heavy atom. The van der Waals surface area contributed by atoms with Crippen molar-refractivity contribution in [1.29, 1.82) is 0 Å². The molecule has 3 nitrogen and oxygen atoms in total. The third-order valence-corrected chi connectivity index (χ3v) is 5.65. The van der Waals surface area contributed by atoms with Gasteiger partial charge in [-0.05, 0) is 42.9 Å². The van der Waals surface area contributed by atoms with Crippen LogP contribution in [0.1, 0.15) is 45.4 Å². The van der Waals surface area contributed by atoms with Gasteiger partial charge >= 0.3 is 0 Å². The second-order valence-corrected chi connectivity index (χ2v) is 7.00. The maximum Gasteiger partial charge on any atom is 0.166 e. The zero-order valence-corrected chi connectivity index (χ0v) is 11.9. The first-order chi connectivity index (χ1) is 8.63. The lowest BCUT2D eigenvalue weighted by atomic mass is 9.62. The molecule has 4 atom stereocenters. The summed E-state index contributed by atoms with van der Waals surface area (Å²) in [5.41, 5.74) is 0. The van der Waals surface area contributed by atoms with E-state index in [-0.39, 0.29) is 11.5 Å². The number of allylic oxidation sites excluding steroid dienone is 1. The topological polar surface area (TPSA) is 54.4 Å². The highest BCUT2D eigenvalue weighted by Gasteiger charge is 2.37.